The molecule has 3 heteroatoms. The minimum Gasteiger partial charge on any atom is -0.485 e. The maximum absolute atomic E-state index is 6.78. The van der Waals surface area contributed by atoms with E-state index in [-0.39, 0.29) is 17.9 Å². The molecule has 68 heavy (non-hydrogen) atoms. The van der Waals surface area contributed by atoms with Gasteiger partial charge in [0, 0.05) is 22.6 Å². The van der Waals surface area contributed by atoms with Gasteiger partial charge in [-0.2, -0.15) is 0 Å². The summed E-state index contributed by atoms with van der Waals surface area (Å²) >= 11 is 0. The molecule has 5 aromatic carbocycles. The fourth-order valence-corrected chi connectivity index (χ4v) is 10.3. The molecule has 0 N–H and O–H groups in total. The van der Waals surface area contributed by atoms with Crippen molar-refractivity contribution in [1.29, 1.82) is 0 Å². The van der Waals surface area contributed by atoms with Crippen LogP contribution in [0.5, 0.6) is 5.75 Å². The molecule has 3 aliphatic carbocycles. The zero-order chi connectivity index (χ0) is 47.1. The number of rotatable bonds is 13. The summed E-state index contributed by atoms with van der Waals surface area (Å²) in [5.41, 5.74) is 16.8. The van der Waals surface area contributed by atoms with Crippen LogP contribution in [0, 0.1) is 5.92 Å². The van der Waals surface area contributed by atoms with Crippen molar-refractivity contribution in [3.8, 4) is 5.75 Å². The first kappa shape index (κ1) is 46.0. The predicted octanol–water partition coefficient (Wildman–Crippen LogP) is 17.1. The molecule has 3 unspecified atom stereocenters. The molecule has 0 amide bonds. The van der Waals surface area contributed by atoms with Gasteiger partial charge in [0.25, 0.3) is 0 Å². The van der Waals surface area contributed by atoms with E-state index in [1.54, 1.807) is 0 Å². The second kappa shape index (κ2) is 20.8. The summed E-state index contributed by atoms with van der Waals surface area (Å²) in [7, 11) is 0. The van der Waals surface area contributed by atoms with E-state index in [4.69, 9.17) is 14.7 Å². The van der Waals surface area contributed by atoms with Gasteiger partial charge in [0.15, 0.2) is 5.84 Å². The van der Waals surface area contributed by atoms with Crippen molar-refractivity contribution >= 4 is 55.9 Å². The molecule has 9 rings (SSSR count). The Labute approximate surface area is 404 Å². The van der Waals surface area contributed by atoms with Crippen molar-refractivity contribution in [1.82, 2.24) is 0 Å². The monoisotopic (exact) mass is 889 g/mol. The van der Waals surface area contributed by atoms with Gasteiger partial charge in [-0.25, -0.2) is 4.99 Å². The third kappa shape index (κ3) is 9.28. The van der Waals surface area contributed by atoms with Crippen molar-refractivity contribution in [2.75, 3.05) is 6.54 Å². The highest BCUT2D eigenvalue weighted by molar-refractivity contribution is 6.20. The Morgan fingerprint density at radius 2 is 1.59 bits per heavy atom. The number of fused-ring (bicyclic) bond motifs is 6. The van der Waals surface area contributed by atoms with E-state index in [1.807, 2.05) is 6.08 Å². The van der Waals surface area contributed by atoms with E-state index in [0.717, 1.165) is 60.5 Å². The first-order valence-corrected chi connectivity index (χ1v) is 24.8. The second-order valence-corrected chi connectivity index (χ2v) is 18.2. The molecule has 0 bridgehead atoms. The summed E-state index contributed by atoms with van der Waals surface area (Å²) in [6.45, 7) is 17.7. The Morgan fingerprint density at radius 1 is 0.809 bits per heavy atom. The molecule has 0 fully saturated rings. The van der Waals surface area contributed by atoms with Gasteiger partial charge in [-0.3, -0.25) is 4.99 Å². The maximum atomic E-state index is 6.78. The lowest BCUT2D eigenvalue weighted by Crippen LogP contribution is -2.16. The van der Waals surface area contributed by atoms with Crippen LogP contribution in [0.3, 0.4) is 0 Å². The number of hydrogen-bond donors (Lipinski definition) is 0. The highest BCUT2D eigenvalue weighted by atomic mass is 16.5. The zero-order valence-electron chi connectivity index (χ0n) is 40.7. The molecule has 1 aliphatic heterocycles. The van der Waals surface area contributed by atoms with Crippen molar-refractivity contribution in [3.63, 3.8) is 0 Å². The second-order valence-electron chi connectivity index (χ2n) is 18.2. The third-order valence-electron chi connectivity index (χ3n) is 14.1. The number of benzene rings is 5. The molecule has 0 spiro atoms. The first-order valence-electron chi connectivity index (χ1n) is 24.8. The lowest BCUT2D eigenvalue weighted by atomic mass is 9.84. The van der Waals surface area contributed by atoms with Gasteiger partial charge in [-0.1, -0.05) is 185 Å². The van der Waals surface area contributed by atoms with Crippen molar-refractivity contribution in [2.24, 2.45) is 15.9 Å². The molecule has 0 aromatic heterocycles. The molecule has 0 saturated heterocycles. The topological polar surface area (TPSA) is 34.0 Å². The Kier molecular flexibility index (Phi) is 14.1. The molecular weight excluding hydrogens is 825 g/mol. The van der Waals surface area contributed by atoms with E-state index >= 15 is 0 Å². The lowest BCUT2D eigenvalue weighted by molar-refractivity contribution is 0.269. The number of amidine groups is 1. The highest BCUT2D eigenvalue weighted by Gasteiger charge is 2.34. The minimum atomic E-state index is -0.0616. The van der Waals surface area contributed by atoms with Crippen LogP contribution in [0.4, 0.5) is 0 Å². The fourth-order valence-electron chi connectivity index (χ4n) is 10.3. The van der Waals surface area contributed by atoms with E-state index in [1.165, 1.54) is 82.8 Å². The van der Waals surface area contributed by atoms with Gasteiger partial charge >= 0.3 is 0 Å². The quantitative estimate of drug-likeness (QED) is 0.0502. The molecule has 1 heterocycles. The van der Waals surface area contributed by atoms with Crippen molar-refractivity contribution in [2.45, 2.75) is 85.7 Å². The normalized spacial score (nSPS) is 19.8. The highest BCUT2D eigenvalue weighted by Crippen LogP contribution is 2.45. The SMILES string of the molecule is C=Cc1c(CC)c2ccccc2c2ccc(C3=CC4c5ccc(C(=NC(=NCC6=CC=C(c7ccc(/C(=C/C=C\C)CC)cc7)C=CC6C)C(/C=C\C)=C/C)C6=CCCC6)cc5OC4C=C3)cc12. The number of allylic oxidation sites excluding steroid dienone is 15. The summed E-state index contributed by atoms with van der Waals surface area (Å²) in [5.74, 6) is 2.00. The molecule has 4 aliphatic rings. The number of hydrogen-bond acceptors (Lipinski definition) is 2. The van der Waals surface area contributed by atoms with Crippen LogP contribution in [-0.2, 0) is 6.42 Å². The maximum Gasteiger partial charge on any atom is 0.155 e. The van der Waals surface area contributed by atoms with Gasteiger partial charge < -0.3 is 4.74 Å². The van der Waals surface area contributed by atoms with E-state index < -0.39 is 0 Å². The summed E-state index contributed by atoms with van der Waals surface area (Å²) in [6.07, 6.45) is 38.1. The zero-order valence-corrected chi connectivity index (χ0v) is 40.7. The summed E-state index contributed by atoms with van der Waals surface area (Å²) in [6, 6.07) is 31.4. The molecule has 0 radical (unpaired) electrons. The number of aryl methyl sites for hydroxylation is 1. The van der Waals surface area contributed by atoms with E-state index in [9.17, 15) is 0 Å². The Morgan fingerprint density at radius 3 is 2.32 bits per heavy atom. The van der Waals surface area contributed by atoms with Crippen LogP contribution in [0.15, 0.2) is 203 Å². The van der Waals surface area contributed by atoms with Crippen LogP contribution in [-0.4, -0.2) is 24.2 Å². The van der Waals surface area contributed by atoms with Gasteiger partial charge in [0.1, 0.15) is 11.9 Å². The average Bonchev–Trinajstić information content (AvgIpc) is 4.01. The molecule has 5 aromatic rings. The van der Waals surface area contributed by atoms with Crippen LogP contribution in [0.2, 0.25) is 0 Å². The Hall–Kier alpha value is -7.10. The number of nitrogens with zero attached hydrogens (tertiary/aromatic N) is 2. The third-order valence-corrected chi connectivity index (χ3v) is 14.1. The predicted molar refractivity (Wildman–Crippen MR) is 295 cm³/mol. The summed E-state index contributed by atoms with van der Waals surface area (Å²) in [4.78, 5) is 10.9. The smallest absolute Gasteiger partial charge is 0.155 e. The summed E-state index contributed by atoms with van der Waals surface area (Å²) in [5, 5.41) is 5.13. The van der Waals surface area contributed by atoms with Crippen LogP contribution in [0.1, 0.15) is 112 Å². The average molecular weight is 889 g/mol. The Balaban J connectivity index is 1.02. The molecular formula is C65H64N2O. The lowest BCUT2D eigenvalue weighted by Gasteiger charge is -2.20. The molecule has 0 saturated carbocycles. The summed E-state index contributed by atoms with van der Waals surface area (Å²) < 4.78 is 6.78. The van der Waals surface area contributed by atoms with Crippen molar-refractivity contribution < 1.29 is 4.74 Å². The van der Waals surface area contributed by atoms with E-state index in [2.05, 4.69) is 218 Å². The van der Waals surface area contributed by atoms with Gasteiger partial charge in [-0.15, -0.1) is 0 Å². The van der Waals surface area contributed by atoms with Gasteiger partial charge in [0.2, 0.25) is 0 Å². The van der Waals surface area contributed by atoms with Gasteiger partial charge in [0.05, 0.1) is 12.3 Å². The standard InChI is InChI=1S/C65H64N2O/c1-8-14-20-44(10-3)46-27-29-48(30-28-46)47-26-25-43(7)53(32-31-47)42-66-65(45(11-4)19-9-2)67-64(49-21-15-16-22-49)52-34-37-59-61-40-51(35-38-62(61)68-63(59)41-52)50-33-36-58-57-24-18-17-23-56(57)54(12-5)55(13-6)60(58)39-50/h8-9,11,13-14,17-21,23-41,43,61-62H,6,10,12,15-16,22,42H2,1-5,7H3/b14-8-,19-9-,44-20+,45-11+,66-65?,67-64?. The van der Waals surface area contributed by atoms with Crippen LogP contribution >= 0.6 is 0 Å². The molecule has 3 atom stereocenters. The van der Waals surface area contributed by atoms with Crippen LogP contribution < -0.4 is 4.74 Å². The molecule has 340 valence electrons. The van der Waals surface area contributed by atoms with Crippen molar-refractivity contribution in [3.05, 3.63) is 232 Å². The fraction of sp³-hybridized carbons (Fsp3) is 0.231. The number of ether oxygens (including phenoxy) is 1. The number of aliphatic imine (C=N–C) groups is 2. The van der Waals surface area contributed by atoms with E-state index in [0.29, 0.717) is 6.54 Å². The largest absolute Gasteiger partial charge is 0.485 e. The first-order chi connectivity index (χ1) is 33.4. The van der Waals surface area contributed by atoms with Gasteiger partial charge in [-0.05, 0) is 154 Å². The minimum absolute atomic E-state index is 0.0616. The molecule has 3 nitrogen and oxygen atoms in total. The Bertz CT molecular complexity index is 3160. The van der Waals surface area contributed by atoms with Crippen LogP contribution in [0.25, 0.3) is 44.3 Å².